The van der Waals surface area contributed by atoms with Crippen molar-refractivity contribution in [3.8, 4) is 0 Å². The SMILES string of the molecule is O=C1CC(S(=O)(=O)Cl)CN1c1ccc(Br)c(C(F)(F)F)c1. The summed E-state index contributed by atoms with van der Waals surface area (Å²) >= 11 is 2.79. The Hall–Kier alpha value is -0.800. The van der Waals surface area contributed by atoms with Crippen LogP contribution in [0.25, 0.3) is 0 Å². The first kappa shape index (κ1) is 16.6. The van der Waals surface area contributed by atoms with Gasteiger partial charge in [-0.05, 0) is 18.2 Å². The van der Waals surface area contributed by atoms with Crippen LogP contribution in [0, 0.1) is 0 Å². The molecule has 0 saturated carbocycles. The molecule has 1 heterocycles. The van der Waals surface area contributed by atoms with Crippen LogP contribution in [0.4, 0.5) is 18.9 Å². The molecule has 0 bridgehead atoms. The van der Waals surface area contributed by atoms with E-state index in [1.165, 1.54) is 6.07 Å². The highest BCUT2D eigenvalue weighted by Gasteiger charge is 2.39. The van der Waals surface area contributed by atoms with E-state index in [9.17, 15) is 26.4 Å². The average Bonchev–Trinajstić information content (AvgIpc) is 2.70. The van der Waals surface area contributed by atoms with Crippen LogP contribution in [0.15, 0.2) is 22.7 Å². The average molecular weight is 407 g/mol. The maximum absolute atomic E-state index is 12.8. The summed E-state index contributed by atoms with van der Waals surface area (Å²) in [6, 6.07) is 3.26. The second kappa shape index (κ2) is 5.44. The minimum Gasteiger partial charge on any atom is -0.311 e. The molecule has 21 heavy (non-hydrogen) atoms. The zero-order valence-corrected chi connectivity index (χ0v) is 13.4. The van der Waals surface area contributed by atoms with Gasteiger partial charge in [0.1, 0.15) is 5.25 Å². The van der Waals surface area contributed by atoms with E-state index in [-0.39, 0.29) is 23.1 Å². The van der Waals surface area contributed by atoms with Gasteiger partial charge >= 0.3 is 6.18 Å². The van der Waals surface area contributed by atoms with Crippen molar-refractivity contribution in [3.63, 3.8) is 0 Å². The number of hydrogen-bond donors (Lipinski definition) is 0. The molecule has 0 spiro atoms. The minimum atomic E-state index is -4.59. The van der Waals surface area contributed by atoms with Crippen LogP contribution < -0.4 is 4.90 Å². The molecule has 0 radical (unpaired) electrons. The maximum Gasteiger partial charge on any atom is 0.417 e. The molecule has 10 heteroatoms. The van der Waals surface area contributed by atoms with E-state index in [1.54, 1.807) is 0 Å². The number of anilines is 1. The van der Waals surface area contributed by atoms with Crippen molar-refractivity contribution in [2.45, 2.75) is 17.8 Å². The lowest BCUT2D eigenvalue weighted by molar-refractivity contribution is -0.138. The minimum absolute atomic E-state index is 0.0154. The summed E-state index contributed by atoms with van der Waals surface area (Å²) in [5.41, 5.74) is -0.955. The molecule has 1 aliphatic heterocycles. The summed E-state index contributed by atoms with van der Waals surface area (Å²) in [6.45, 7) is -0.260. The molecule has 4 nitrogen and oxygen atoms in total. The van der Waals surface area contributed by atoms with Crippen LogP contribution in [-0.4, -0.2) is 26.1 Å². The van der Waals surface area contributed by atoms with Crippen molar-refractivity contribution in [1.82, 2.24) is 0 Å². The molecule has 116 valence electrons. The highest BCUT2D eigenvalue weighted by Crippen LogP contribution is 2.38. The third-order valence-electron chi connectivity index (χ3n) is 3.05. The Labute approximate surface area is 131 Å². The summed E-state index contributed by atoms with van der Waals surface area (Å²) in [5, 5.41) is -1.12. The van der Waals surface area contributed by atoms with Gasteiger partial charge in [0.15, 0.2) is 0 Å². The lowest BCUT2D eigenvalue weighted by atomic mass is 10.2. The second-order valence-electron chi connectivity index (χ2n) is 4.47. The van der Waals surface area contributed by atoms with Crippen LogP contribution in [0.3, 0.4) is 0 Å². The van der Waals surface area contributed by atoms with Gasteiger partial charge in [-0.2, -0.15) is 13.2 Å². The zero-order chi connectivity index (χ0) is 16.0. The first-order valence-electron chi connectivity index (χ1n) is 5.60. The van der Waals surface area contributed by atoms with Crippen LogP contribution in [-0.2, 0) is 20.0 Å². The van der Waals surface area contributed by atoms with E-state index in [0.717, 1.165) is 17.0 Å². The molecule has 1 amide bonds. The Morgan fingerprint density at radius 2 is 1.95 bits per heavy atom. The summed E-state index contributed by atoms with van der Waals surface area (Å²) < 4.78 is 60.8. The number of carbonyl (C=O) groups excluding carboxylic acids is 1. The quantitative estimate of drug-likeness (QED) is 0.709. The van der Waals surface area contributed by atoms with E-state index < -0.39 is 31.9 Å². The predicted octanol–water partition coefficient (Wildman–Crippen LogP) is 3.14. The molecule has 1 unspecified atom stereocenters. The van der Waals surface area contributed by atoms with Crippen molar-refractivity contribution in [3.05, 3.63) is 28.2 Å². The van der Waals surface area contributed by atoms with Gasteiger partial charge in [-0.15, -0.1) is 0 Å². The molecule has 1 fully saturated rings. The number of halogens is 5. The summed E-state index contributed by atoms with van der Waals surface area (Å²) in [5.74, 6) is -0.584. The Bertz CT molecular complexity index is 692. The van der Waals surface area contributed by atoms with Gasteiger partial charge in [-0.3, -0.25) is 4.79 Å². The fourth-order valence-electron chi connectivity index (χ4n) is 2.01. The van der Waals surface area contributed by atoms with Gasteiger partial charge < -0.3 is 4.90 Å². The van der Waals surface area contributed by atoms with Crippen molar-refractivity contribution >= 4 is 47.3 Å². The fraction of sp³-hybridized carbons (Fsp3) is 0.364. The van der Waals surface area contributed by atoms with Crippen molar-refractivity contribution < 1.29 is 26.4 Å². The van der Waals surface area contributed by atoms with Crippen LogP contribution in [0.2, 0.25) is 0 Å². The predicted molar refractivity (Wildman–Crippen MR) is 74.7 cm³/mol. The van der Waals surface area contributed by atoms with E-state index >= 15 is 0 Å². The fourth-order valence-corrected chi connectivity index (χ4v) is 3.51. The van der Waals surface area contributed by atoms with Crippen molar-refractivity contribution in [2.75, 3.05) is 11.4 Å². The highest BCUT2D eigenvalue weighted by molar-refractivity contribution is 9.10. The van der Waals surface area contributed by atoms with Gasteiger partial charge in [0.2, 0.25) is 15.0 Å². The smallest absolute Gasteiger partial charge is 0.311 e. The van der Waals surface area contributed by atoms with Crippen molar-refractivity contribution in [2.24, 2.45) is 0 Å². The number of hydrogen-bond acceptors (Lipinski definition) is 3. The van der Waals surface area contributed by atoms with Crippen LogP contribution in [0.5, 0.6) is 0 Å². The Balaban J connectivity index is 2.38. The van der Waals surface area contributed by atoms with Gasteiger partial charge in [-0.25, -0.2) is 8.42 Å². The Kier molecular flexibility index (Phi) is 4.29. The molecule has 0 aliphatic carbocycles. The number of nitrogens with zero attached hydrogens (tertiary/aromatic N) is 1. The maximum atomic E-state index is 12.8. The molecule has 2 rings (SSSR count). The third kappa shape index (κ3) is 3.51. The summed E-state index contributed by atoms with van der Waals surface area (Å²) in [4.78, 5) is 12.8. The largest absolute Gasteiger partial charge is 0.417 e. The van der Waals surface area contributed by atoms with E-state index in [0.29, 0.717) is 0 Å². The molecular weight excluding hydrogens is 399 g/mol. The summed E-state index contributed by atoms with van der Waals surface area (Å²) in [7, 11) is 1.25. The number of carbonyl (C=O) groups is 1. The van der Waals surface area contributed by atoms with Gasteiger partial charge in [0, 0.05) is 33.8 Å². The van der Waals surface area contributed by atoms with E-state index in [1.807, 2.05) is 0 Å². The molecule has 0 N–H and O–H groups in total. The molecule has 1 saturated heterocycles. The highest BCUT2D eigenvalue weighted by atomic mass is 79.9. The van der Waals surface area contributed by atoms with Crippen molar-refractivity contribution in [1.29, 1.82) is 0 Å². The Morgan fingerprint density at radius 1 is 1.33 bits per heavy atom. The van der Waals surface area contributed by atoms with Gasteiger partial charge in [0.05, 0.1) is 5.56 Å². The van der Waals surface area contributed by atoms with E-state index in [4.69, 9.17) is 10.7 Å². The summed E-state index contributed by atoms with van der Waals surface area (Å²) in [6.07, 6.45) is -4.93. The molecule has 1 aromatic carbocycles. The second-order valence-corrected chi connectivity index (χ2v) is 8.23. The standard InChI is InChI=1S/C11H8BrClF3NO3S/c12-9-2-1-6(3-8(9)11(14,15)16)17-5-7(4-10(17)18)21(13,19)20/h1-3,7H,4-5H2. The number of benzene rings is 1. The first-order chi connectivity index (χ1) is 9.50. The normalized spacial score (nSPS) is 20.1. The third-order valence-corrected chi connectivity index (χ3v) is 5.61. The first-order valence-corrected chi connectivity index (χ1v) is 8.77. The number of amides is 1. The molecule has 1 aliphatic rings. The van der Waals surface area contributed by atoms with Crippen LogP contribution >= 0.6 is 26.6 Å². The van der Waals surface area contributed by atoms with E-state index in [2.05, 4.69) is 15.9 Å². The van der Waals surface area contributed by atoms with Gasteiger partial charge in [0.25, 0.3) is 0 Å². The molecule has 0 aromatic heterocycles. The molecular formula is C11H8BrClF3NO3S. The number of alkyl halides is 3. The molecule has 1 atom stereocenters. The monoisotopic (exact) mass is 405 g/mol. The Morgan fingerprint density at radius 3 is 2.43 bits per heavy atom. The topological polar surface area (TPSA) is 54.5 Å². The van der Waals surface area contributed by atoms with Gasteiger partial charge in [-0.1, -0.05) is 15.9 Å². The zero-order valence-electron chi connectivity index (χ0n) is 10.2. The van der Waals surface area contributed by atoms with Crippen LogP contribution in [0.1, 0.15) is 12.0 Å². The lowest BCUT2D eigenvalue weighted by Gasteiger charge is -2.18. The lowest BCUT2D eigenvalue weighted by Crippen LogP contribution is -2.27. The molecule has 1 aromatic rings. The number of rotatable bonds is 2.